The summed E-state index contributed by atoms with van der Waals surface area (Å²) in [5.74, 6) is 0.728. The molecule has 0 saturated carbocycles. The summed E-state index contributed by atoms with van der Waals surface area (Å²) < 4.78 is 6.36. The van der Waals surface area contributed by atoms with E-state index < -0.39 is 0 Å². The Morgan fingerprint density at radius 3 is 2.93 bits per heavy atom. The molecule has 2 bridgehead atoms. The van der Waals surface area contributed by atoms with Crippen molar-refractivity contribution in [2.75, 3.05) is 25.4 Å². The summed E-state index contributed by atoms with van der Waals surface area (Å²) in [6.45, 7) is 7.69. The number of rotatable bonds is 5. The summed E-state index contributed by atoms with van der Waals surface area (Å²) in [5, 5.41) is 3.01. The molecule has 1 spiro atoms. The molecule has 8 nitrogen and oxygen atoms in total. The van der Waals surface area contributed by atoms with E-state index in [-0.39, 0.29) is 47.2 Å². The molecule has 3 saturated heterocycles. The highest BCUT2D eigenvalue weighted by Crippen LogP contribution is 2.54. The van der Waals surface area contributed by atoms with Crippen LogP contribution in [-0.2, 0) is 9.53 Å². The maximum atomic E-state index is 13.2. The number of carbonyl (C=O) groups excluding carboxylic acids is 2. The third-order valence-corrected chi connectivity index (χ3v) is 6.50. The Bertz CT molecular complexity index is 798. The Labute approximate surface area is 165 Å². The van der Waals surface area contributed by atoms with Crippen LogP contribution in [0.5, 0.6) is 0 Å². The normalized spacial score (nSPS) is 30.7. The molecule has 152 valence electrons. The van der Waals surface area contributed by atoms with Gasteiger partial charge in [-0.15, -0.1) is 0 Å². The molecule has 3 aliphatic rings. The predicted octanol–water partition coefficient (Wildman–Crippen LogP) is 1.33. The van der Waals surface area contributed by atoms with Gasteiger partial charge in [0.05, 0.1) is 18.2 Å². The highest BCUT2D eigenvalue weighted by atomic mass is 16.5. The van der Waals surface area contributed by atoms with E-state index in [0.717, 1.165) is 18.5 Å². The van der Waals surface area contributed by atoms with E-state index in [4.69, 9.17) is 10.5 Å². The number of ether oxygens (including phenoxy) is 1. The molecule has 4 atom stereocenters. The number of nitrogens with one attached hydrogen (secondary N) is 1. The summed E-state index contributed by atoms with van der Waals surface area (Å²) in [6, 6.07) is 1.74. The average molecular weight is 387 g/mol. The molecule has 28 heavy (non-hydrogen) atoms. The number of hydrogen-bond acceptors (Lipinski definition) is 6. The molecule has 4 rings (SSSR count). The molecule has 0 unspecified atom stereocenters. The zero-order valence-electron chi connectivity index (χ0n) is 16.8. The second kappa shape index (κ2) is 6.99. The minimum Gasteiger partial charge on any atom is -0.369 e. The Balaban J connectivity index is 1.51. The fraction of sp³-hybridized carbons (Fsp3) is 0.700. The van der Waals surface area contributed by atoms with Gasteiger partial charge in [-0.05, 0) is 24.8 Å². The third kappa shape index (κ3) is 3.13. The highest BCUT2D eigenvalue weighted by molar-refractivity contribution is 5.93. The van der Waals surface area contributed by atoms with E-state index in [1.54, 1.807) is 6.07 Å². The summed E-state index contributed by atoms with van der Waals surface area (Å²) in [6.07, 6.45) is 2.62. The van der Waals surface area contributed by atoms with Gasteiger partial charge in [-0.3, -0.25) is 9.59 Å². The number of nitrogens with two attached hydrogens (primary N) is 1. The number of aromatic nitrogens is 2. The lowest BCUT2D eigenvalue weighted by Crippen LogP contribution is -2.41. The predicted molar refractivity (Wildman–Crippen MR) is 104 cm³/mol. The zero-order chi connectivity index (χ0) is 20.1. The standard InChI is InChI=1S/C20H29N5O3/c1-4-17(26)22-8-12-13-9-25(10-20(13)6-5-16(12)28-20)18(27)15-7-14(11(2)3)23-19(21)24-15/h7,11-13,16H,4-6,8-10H2,1-3H3,(H,22,26)(H2,21,23,24)/t12-,13+,16+,20+/m0/s1. The Kier molecular flexibility index (Phi) is 4.77. The largest absolute Gasteiger partial charge is 0.369 e. The van der Waals surface area contributed by atoms with E-state index in [1.165, 1.54) is 0 Å². The average Bonchev–Trinajstić information content (AvgIpc) is 3.33. The van der Waals surface area contributed by atoms with Gasteiger partial charge in [-0.2, -0.15) is 0 Å². The number of anilines is 1. The first kappa shape index (κ1) is 19.1. The minimum absolute atomic E-state index is 0.0560. The lowest BCUT2D eigenvalue weighted by atomic mass is 9.73. The summed E-state index contributed by atoms with van der Waals surface area (Å²) in [5.41, 5.74) is 6.67. The molecule has 0 aromatic carbocycles. The lowest BCUT2D eigenvalue weighted by molar-refractivity contribution is -0.121. The molecule has 3 N–H and O–H groups in total. The van der Waals surface area contributed by atoms with Crippen LogP contribution in [0.1, 0.15) is 62.1 Å². The second-order valence-electron chi connectivity index (χ2n) is 8.56. The van der Waals surface area contributed by atoms with E-state index in [1.807, 2.05) is 25.7 Å². The topological polar surface area (TPSA) is 110 Å². The molecule has 0 aliphatic carbocycles. The van der Waals surface area contributed by atoms with Gasteiger partial charge < -0.3 is 20.7 Å². The maximum Gasteiger partial charge on any atom is 0.272 e. The van der Waals surface area contributed by atoms with Gasteiger partial charge in [0.1, 0.15) is 5.69 Å². The molecule has 2 amide bonds. The second-order valence-corrected chi connectivity index (χ2v) is 8.56. The maximum absolute atomic E-state index is 13.2. The van der Waals surface area contributed by atoms with Crippen molar-refractivity contribution in [2.45, 2.75) is 57.7 Å². The Morgan fingerprint density at radius 2 is 2.21 bits per heavy atom. The number of nitrogen functional groups attached to an aromatic ring is 1. The third-order valence-electron chi connectivity index (χ3n) is 6.50. The van der Waals surface area contributed by atoms with E-state index in [0.29, 0.717) is 31.7 Å². The number of amides is 2. The molecule has 3 aliphatic heterocycles. The van der Waals surface area contributed by atoms with Crippen molar-refractivity contribution in [1.82, 2.24) is 20.2 Å². The summed E-state index contributed by atoms with van der Waals surface area (Å²) >= 11 is 0. The molecule has 8 heteroatoms. The number of fused-ring (bicyclic) bond motifs is 1. The van der Waals surface area contributed by atoms with Crippen LogP contribution in [0.25, 0.3) is 0 Å². The fourth-order valence-electron chi connectivity index (χ4n) is 5.03. The lowest BCUT2D eigenvalue weighted by Gasteiger charge is -2.29. The van der Waals surface area contributed by atoms with Crippen molar-refractivity contribution >= 4 is 17.8 Å². The molecule has 3 fully saturated rings. The summed E-state index contributed by atoms with van der Waals surface area (Å²) in [4.78, 5) is 35.1. The van der Waals surface area contributed by atoms with Gasteiger partial charge in [0.25, 0.3) is 5.91 Å². The Morgan fingerprint density at radius 1 is 1.43 bits per heavy atom. The van der Waals surface area contributed by atoms with Crippen LogP contribution in [-0.4, -0.2) is 58.0 Å². The van der Waals surface area contributed by atoms with Crippen molar-refractivity contribution < 1.29 is 14.3 Å². The SMILES string of the molecule is CCC(=O)NC[C@H]1[C@H]2CN(C(=O)c3cc(C(C)C)nc(N)n3)C[C@]23CC[C@H]1O3. The monoisotopic (exact) mass is 387 g/mol. The number of hydrogen-bond donors (Lipinski definition) is 2. The van der Waals surface area contributed by atoms with Crippen molar-refractivity contribution in [2.24, 2.45) is 11.8 Å². The molecule has 0 radical (unpaired) electrons. The number of carbonyl (C=O) groups is 2. The Hall–Kier alpha value is -2.22. The first-order valence-electron chi connectivity index (χ1n) is 10.2. The van der Waals surface area contributed by atoms with Gasteiger partial charge in [0.2, 0.25) is 11.9 Å². The van der Waals surface area contributed by atoms with Gasteiger partial charge in [0, 0.05) is 37.0 Å². The van der Waals surface area contributed by atoms with Crippen molar-refractivity contribution in [1.29, 1.82) is 0 Å². The van der Waals surface area contributed by atoms with Gasteiger partial charge >= 0.3 is 0 Å². The zero-order valence-corrected chi connectivity index (χ0v) is 16.8. The van der Waals surface area contributed by atoms with Crippen LogP contribution >= 0.6 is 0 Å². The fourth-order valence-corrected chi connectivity index (χ4v) is 5.03. The first-order chi connectivity index (χ1) is 13.3. The number of likely N-dealkylation sites (tertiary alicyclic amines) is 1. The van der Waals surface area contributed by atoms with Gasteiger partial charge in [-0.1, -0.05) is 20.8 Å². The molecular weight excluding hydrogens is 358 g/mol. The van der Waals surface area contributed by atoms with Crippen LogP contribution in [0, 0.1) is 11.8 Å². The van der Waals surface area contributed by atoms with Crippen molar-refractivity contribution in [3.63, 3.8) is 0 Å². The van der Waals surface area contributed by atoms with Crippen LogP contribution in [0.3, 0.4) is 0 Å². The van der Waals surface area contributed by atoms with Gasteiger partial charge in [0.15, 0.2) is 0 Å². The van der Waals surface area contributed by atoms with Gasteiger partial charge in [-0.25, -0.2) is 9.97 Å². The number of nitrogens with zero attached hydrogens (tertiary/aromatic N) is 3. The summed E-state index contributed by atoms with van der Waals surface area (Å²) in [7, 11) is 0. The van der Waals surface area contributed by atoms with E-state index >= 15 is 0 Å². The van der Waals surface area contributed by atoms with Crippen molar-refractivity contribution in [3.05, 3.63) is 17.5 Å². The molecule has 4 heterocycles. The van der Waals surface area contributed by atoms with Crippen LogP contribution in [0.15, 0.2) is 6.07 Å². The minimum atomic E-state index is -0.276. The highest BCUT2D eigenvalue weighted by Gasteiger charge is 2.63. The smallest absolute Gasteiger partial charge is 0.272 e. The van der Waals surface area contributed by atoms with Crippen LogP contribution in [0.4, 0.5) is 5.95 Å². The molecule has 1 aromatic rings. The molecule has 1 aromatic heterocycles. The molecular formula is C20H29N5O3. The quantitative estimate of drug-likeness (QED) is 0.789. The van der Waals surface area contributed by atoms with Crippen molar-refractivity contribution in [3.8, 4) is 0 Å². The van der Waals surface area contributed by atoms with E-state index in [2.05, 4.69) is 15.3 Å². The first-order valence-corrected chi connectivity index (χ1v) is 10.2. The van der Waals surface area contributed by atoms with Crippen LogP contribution in [0.2, 0.25) is 0 Å². The van der Waals surface area contributed by atoms with E-state index in [9.17, 15) is 9.59 Å². The van der Waals surface area contributed by atoms with Crippen LogP contribution < -0.4 is 11.1 Å².